The summed E-state index contributed by atoms with van der Waals surface area (Å²) < 4.78 is 7.65. The molecule has 6 nitrogen and oxygen atoms in total. The van der Waals surface area contributed by atoms with Gasteiger partial charge in [0.05, 0.1) is 11.7 Å². The fraction of sp³-hybridized carbons (Fsp3) is 0.333. The van der Waals surface area contributed by atoms with Gasteiger partial charge >= 0.3 is 0 Å². The highest BCUT2D eigenvalue weighted by molar-refractivity contribution is 7.09. The maximum absolute atomic E-state index is 5.40. The second-order valence-electron chi connectivity index (χ2n) is 2.65. The van der Waals surface area contributed by atoms with E-state index in [4.69, 9.17) is 5.73 Å². The Balaban J connectivity index is 2.05. The predicted octanol–water partition coefficient (Wildman–Crippen LogP) is 1.14. The highest BCUT2D eigenvalue weighted by atomic mass is 32.1. The normalized spacial score (nSPS) is 12.6. The number of rotatable bonds is 3. The largest absolute Gasteiger partial charge is 0.367 e. The molecule has 2 heterocycles. The van der Waals surface area contributed by atoms with E-state index in [-0.39, 0.29) is 6.04 Å². The van der Waals surface area contributed by atoms with Crippen LogP contribution in [0.5, 0.6) is 0 Å². The Kier molecular flexibility index (Phi) is 2.55. The van der Waals surface area contributed by atoms with Crippen LogP contribution in [0.4, 0.5) is 11.1 Å². The molecule has 0 radical (unpaired) electrons. The molecule has 0 amide bonds. The molecule has 0 aliphatic rings. The summed E-state index contributed by atoms with van der Waals surface area (Å²) in [7, 11) is 0. The van der Waals surface area contributed by atoms with Crippen molar-refractivity contribution >= 4 is 34.1 Å². The van der Waals surface area contributed by atoms with E-state index in [0.29, 0.717) is 11.1 Å². The Morgan fingerprint density at radius 2 is 2.43 bits per heavy atom. The van der Waals surface area contributed by atoms with Gasteiger partial charge in [-0.2, -0.15) is 9.36 Å². The smallest absolute Gasteiger partial charge is 0.233 e. The molecule has 0 bridgehead atoms. The molecular formula is C6H8N6S2. The first-order valence-corrected chi connectivity index (χ1v) is 5.49. The van der Waals surface area contributed by atoms with Crippen LogP contribution in [0, 0.1) is 0 Å². The molecule has 0 fully saturated rings. The Hall–Kier alpha value is -1.28. The van der Waals surface area contributed by atoms with Crippen LogP contribution in [-0.2, 0) is 0 Å². The number of nitrogens with two attached hydrogens (primary N) is 1. The molecule has 1 atom stereocenters. The van der Waals surface area contributed by atoms with Crippen LogP contribution in [0.1, 0.15) is 18.7 Å². The molecule has 2 rings (SSSR count). The highest BCUT2D eigenvalue weighted by Gasteiger charge is 2.10. The number of anilines is 2. The van der Waals surface area contributed by atoms with E-state index >= 15 is 0 Å². The van der Waals surface area contributed by atoms with Crippen molar-refractivity contribution in [2.45, 2.75) is 13.0 Å². The molecule has 0 saturated carbocycles. The van der Waals surface area contributed by atoms with E-state index in [2.05, 4.69) is 24.3 Å². The molecule has 74 valence electrons. The van der Waals surface area contributed by atoms with E-state index in [9.17, 15) is 0 Å². The van der Waals surface area contributed by atoms with Gasteiger partial charge in [-0.3, -0.25) is 0 Å². The van der Waals surface area contributed by atoms with Gasteiger partial charge in [0.2, 0.25) is 11.1 Å². The topological polar surface area (TPSA) is 89.6 Å². The van der Waals surface area contributed by atoms with Gasteiger partial charge in [0.1, 0.15) is 0 Å². The fourth-order valence-corrected chi connectivity index (χ4v) is 2.05. The maximum atomic E-state index is 5.40. The van der Waals surface area contributed by atoms with Gasteiger partial charge < -0.3 is 11.1 Å². The lowest BCUT2D eigenvalue weighted by molar-refractivity contribution is 0.826. The Morgan fingerprint density at radius 3 is 3.00 bits per heavy atom. The lowest BCUT2D eigenvalue weighted by atomic mass is 10.3. The summed E-state index contributed by atoms with van der Waals surface area (Å²) in [4.78, 5) is 3.99. The van der Waals surface area contributed by atoms with Gasteiger partial charge in [0.25, 0.3) is 0 Å². The lowest BCUT2D eigenvalue weighted by Crippen LogP contribution is -2.06. The average molecular weight is 228 g/mol. The minimum atomic E-state index is 0.0705. The molecule has 2 aromatic heterocycles. The van der Waals surface area contributed by atoms with Crippen LogP contribution in [0.2, 0.25) is 0 Å². The SMILES string of the molecule is CC(Nc1nc(N)ns1)c1csnn1. The van der Waals surface area contributed by atoms with Crippen LogP contribution in [0.3, 0.4) is 0 Å². The van der Waals surface area contributed by atoms with E-state index < -0.39 is 0 Å². The molecule has 1 unspecified atom stereocenters. The third-order valence-electron chi connectivity index (χ3n) is 1.60. The van der Waals surface area contributed by atoms with Gasteiger partial charge in [0.15, 0.2) is 0 Å². The zero-order valence-corrected chi connectivity index (χ0v) is 8.97. The van der Waals surface area contributed by atoms with E-state index in [1.165, 1.54) is 23.1 Å². The van der Waals surface area contributed by atoms with Crippen LogP contribution >= 0.6 is 23.1 Å². The molecule has 0 aliphatic carbocycles. The number of hydrogen-bond donors (Lipinski definition) is 2. The average Bonchev–Trinajstić information content (AvgIpc) is 2.75. The van der Waals surface area contributed by atoms with Crippen molar-refractivity contribution in [3.8, 4) is 0 Å². The maximum Gasteiger partial charge on any atom is 0.233 e. The van der Waals surface area contributed by atoms with Crippen LogP contribution in [-0.4, -0.2) is 18.9 Å². The summed E-state index contributed by atoms with van der Waals surface area (Å²) in [5.74, 6) is 0.293. The molecule has 0 aliphatic heterocycles. The van der Waals surface area contributed by atoms with Crippen molar-refractivity contribution in [3.63, 3.8) is 0 Å². The van der Waals surface area contributed by atoms with E-state index in [1.54, 1.807) is 0 Å². The van der Waals surface area contributed by atoms with Gasteiger partial charge in [-0.05, 0) is 18.5 Å². The summed E-state index contributed by atoms with van der Waals surface area (Å²) in [6.07, 6.45) is 0. The van der Waals surface area contributed by atoms with Crippen molar-refractivity contribution < 1.29 is 0 Å². The summed E-state index contributed by atoms with van der Waals surface area (Å²) in [6, 6.07) is 0.0705. The van der Waals surface area contributed by atoms with Gasteiger partial charge in [0, 0.05) is 16.9 Å². The number of nitrogen functional groups attached to an aromatic ring is 1. The van der Waals surface area contributed by atoms with Crippen LogP contribution in [0.25, 0.3) is 0 Å². The quantitative estimate of drug-likeness (QED) is 0.819. The van der Waals surface area contributed by atoms with Crippen molar-refractivity contribution in [1.82, 2.24) is 18.9 Å². The Morgan fingerprint density at radius 1 is 1.57 bits per heavy atom. The molecule has 8 heteroatoms. The lowest BCUT2D eigenvalue weighted by Gasteiger charge is -2.07. The zero-order valence-electron chi connectivity index (χ0n) is 7.34. The third-order valence-corrected chi connectivity index (χ3v) is 2.79. The first-order valence-electron chi connectivity index (χ1n) is 3.88. The number of aromatic nitrogens is 4. The van der Waals surface area contributed by atoms with Gasteiger partial charge in [-0.15, -0.1) is 5.10 Å². The number of nitrogens with zero attached hydrogens (tertiary/aromatic N) is 4. The minimum Gasteiger partial charge on any atom is -0.367 e. The minimum absolute atomic E-state index is 0.0705. The predicted molar refractivity (Wildman–Crippen MR) is 56.3 cm³/mol. The van der Waals surface area contributed by atoms with Gasteiger partial charge in [-0.25, -0.2) is 0 Å². The van der Waals surface area contributed by atoms with Crippen LogP contribution in [0.15, 0.2) is 5.38 Å². The summed E-state index contributed by atoms with van der Waals surface area (Å²) in [6.45, 7) is 1.98. The summed E-state index contributed by atoms with van der Waals surface area (Å²) >= 11 is 2.56. The van der Waals surface area contributed by atoms with Crippen molar-refractivity contribution in [2.24, 2.45) is 0 Å². The Labute approximate surface area is 88.5 Å². The first kappa shape index (κ1) is 9.28. The molecule has 2 aromatic rings. The van der Waals surface area contributed by atoms with Crippen molar-refractivity contribution in [3.05, 3.63) is 11.1 Å². The first-order chi connectivity index (χ1) is 6.75. The van der Waals surface area contributed by atoms with E-state index in [0.717, 1.165) is 5.69 Å². The molecule has 0 spiro atoms. The summed E-state index contributed by atoms with van der Waals surface area (Å²) in [5, 5.41) is 9.67. The van der Waals surface area contributed by atoms with Gasteiger partial charge in [-0.1, -0.05) is 4.49 Å². The second kappa shape index (κ2) is 3.84. The molecule has 0 saturated heterocycles. The van der Waals surface area contributed by atoms with Crippen molar-refractivity contribution in [1.29, 1.82) is 0 Å². The monoisotopic (exact) mass is 228 g/mol. The third kappa shape index (κ3) is 1.96. The van der Waals surface area contributed by atoms with Crippen molar-refractivity contribution in [2.75, 3.05) is 11.1 Å². The zero-order chi connectivity index (χ0) is 9.97. The Bertz CT molecular complexity index is 396. The fourth-order valence-electron chi connectivity index (χ4n) is 0.913. The summed E-state index contributed by atoms with van der Waals surface area (Å²) in [5.41, 5.74) is 6.29. The van der Waals surface area contributed by atoms with E-state index in [1.807, 2.05) is 12.3 Å². The highest BCUT2D eigenvalue weighted by Crippen LogP contribution is 2.19. The molecule has 0 aromatic carbocycles. The van der Waals surface area contributed by atoms with Crippen LogP contribution < -0.4 is 11.1 Å². The number of hydrogen-bond acceptors (Lipinski definition) is 8. The number of nitrogens with one attached hydrogen (secondary N) is 1. The molecular weight excluding hydrogens is 220 g/mol. The molecule has 14 heavy (non-hydrogen) atoms. The second-order valence-corrected chi connectivity index (χ2v) is 4.02. The molecule has 3 N–H and O–H groups in total. The standard InChI is InChI=1S/C6H8N6S2/c1-3(4-2-13-12-10-4)8-6-9-5(7)11-14-6/h2-3H,1H3,(H3,7,8,9,11).